The zero-order valence-electron chi connectivity index (χ0n) is 9.83. The minimum absolute atomic E-state index is 0.0819. The molecule has 5 heteroatoms. The number of thiophene rings is 2. The number of carbonyl (C=O) groups excluding carboxylic acids is 1. The van der Waals surface area contributed by atoms with E-state index in [1.165, 1.54) is 16.2 Å². The van der Waals surface area contributed by atoms with Crippen molar-refractivity contribution in [2.45, 2.75) is 25.4 Å². The lowest BCUT2D eigenvalue weighted by molar-refractivity contribution is 0.0737. The fourth-order valence-electron chi connectivity index (χ4n) is 1.95. The second-order valence-electron chi connectivity index (χ2n) is 4.45. The maximum atomic E-state index is 12.5. The van der Waals surface area contributed by atoms with Gasteiger partial charge in [0.1, 0.15) is 4.88 Å². The molecule has 2 aromatic rings. The third-order valence-corrected chi connectivity index (χ3v) is 4.82. The largest absolute Gasteiger partial charge is 0.397 e. The van der Waals surface area contributed by atoms with E-state index in [4.69, 9.17) is 5.73 Å². The number of amides is 1. The number of nitrogen functional groups attached to an aromatic ring is 1. The van der Waals surface area contributed by atoms with Crippen LogP contribution in [0, 0.1) is 0 Å². The highest BCUT2D eigenvalue weighted by Gasteiger charge is 2.34. The summed E-state index contributed by atoms with van der Waals surface area (Å²) in [6.45, 7) is 0.707. The predicted octanol–water partition coefficient (Wildman–Crippen LogP) is 3.20. The van der Waals surface area contributed by atoms with E-state index in [0.717, 1.165) is 12.8 Å². The maximum absolute atomic E-state index is 12.5. The molecule has 3 nitrogen and oxygen atoms in total. The maximum Gasteiger partial charge on any atom is 0.266 e. The smallest absolute Gasteiger partial charge is 0.266 e. The van der Waals surface area contributed by atoms with Gasteiger partial charge < -0.3 is 10.6 Å². The number of nitrogens with zero attached hydrogens (tertiary/aromatic N) is 1. The summed E-state index contributed by atoms with van der Waals surface area (Å²) < 4.78 is 0. The van der Waals surface area contributed by atoms with Gasteiger partial charge in [-0.05, 0) is 35.7 Å². The van der Waals surface area contributed by atoms with Crippen LogP contribution in [-0.4, -0.2) is 16.8 Å². The zero-order valence-corrected chi connectivity index (χ0v) is 11.5. The Labute approximate surface area is 114 Å². The zero-order chi connectivity index (χ0) is 12.5. The third kappa shape index (κ3) is 2.28. The van der Waals surface area contributed by atoms with E-state index in [0.29, 0.717) is 23.2 Å². The van der Waals surface area contributed by atoms with E-state index in [9.17, 15) is 4.79 Å². The molecule has 0 aliphatic heterocycles. The average Bonchev–Trinajstić information content (AvgIpc) is 2.89. The van der Waals surface area contributed by atoms with Gasteiger partial charge in [-0.25, -0.2) is 0 Å². The van der Waals surface area contributed by atoms with Gasteiger partial charge in [0, 0.05) is 10.9 Å². The first kappa shape index (κ1) is 11.7. The minimum Gasteiger partial charge on any atom is -0.397 e. The molecule has 2 N–H and O–H groups in total. The monoisotopic (exact) mass is 278 g/mol. The first-order valence-electron chi connectivity index (χ1n) is 5.92. The summed E-state index contributed by atoms with van der Waals surface area (Å²) in [6, 6.07) is 6.30. The van der Waals surface area contributed by atoms with Crippen LogP contribution in [0.5, 0.6) is 0 Å². The Kier molecular flexibility index (Phi) is 3.09. The van der Waals surface area contributed by atoms with Gasteiger partial charge in [0.25, 0.3) is 5.91 Å². The van der Waals surface area contributed by atoms with Crippen molar-refractivity contribution < 1.29 is 4.79 Å². The van der Waals surface area contributed by atoms with E-state index in [1.807, 2.05) is 21.7 Å². The van der Waals surface area contributed by atoms with Gasteiger partial charge in [0.05, 0.1) is 12.2 Å². The molecule has 1 saturated carbocycles. The molecule has 0 aromatic carbocycles. The Morgan fingerprint density at radius 2 is 2.17 bits per heavy atom. The summed E-state index contributed by atoms with van der Waals surface area (Å²) >= 11 is 3.12. The SMILES string of the molecule is Nc1ccsc1C(=O)N(Cc1cccs1)C1CC1. The van der Waals surface area contributed by atoms with E-state index in [-0.39, 0.29) is 5.91 Å². The highest BCUT2D eigenvalue weighted by atomic mass is 32.1. The van der Waals surface area contributed by atoms with Crippen LogP contribution in [0.3, 0.4) is 0 Å². The van der Waals surface area contributed by atoms with Crippen LogP contribution in [0.2, 0.25) is 0 Å². The molecule has 0 radical (unpaired) electrons. The Morgan fingerprint density at radius 1 is 1.33 bits per heavy atom. The lowest BCUT2D eigenvalue weighted by Gasteiger charge is -2.21. The number of hydrogen-bond acceptors (Lipinski definition) is 4. The molecule has 0 atom stereocenters. The van der Waals surface area contributed by atoms with Crippen LogP contribution in [0.15, 0.2) is 29.0 Å². The average molecular weight is 278 g/mol. The Bertz CT molecular complexity index is 543. The van der Waals surface area contributed by atoms with Crippen LogP contribution >= 0.6 is 22.7 Å². The number of rotatable bonds is 4. The van der Waals surface area contributed by atoms with Crippen LogP contribution in [0.1, 0.15) is 27.4 Å². The van der Waals surface area contributed by atoms with E-state index >= 15 is 0 Å². The second-order valence-corrected chi connectivity index (χ2v) is 6.40. The van der Waals surface area contributed by atoms with Gasteiger partial charge >= 0.3 is 0 Å². The molecule has 0 bridgehead atoms. The molecule has 2 aromatic heterocycles. The van der Waals surface area contributed by atoms with Gasteiger partial charge in [0.15, 0.2) is 0 Å². The Balaban J connectivity index is 1.82. The summed E-state index contributed by atoms with van der Waals surface area (Å²) in [4.78, 5) is 16.4. The fraction of sp³-hybridized carbons (Fsp3) is 0.308. The molecule has 0 spiro atoms. The topological polar surface area (TPSA) is 46.3 Å². The first-order valence-corrected chi connectivity index (χ1v) is 7.68. The number of anilines is 1. The molecule has 1 aliphatic carbocycles. The molecular formula is C13H14N2OS2. The molecule has 1 amide bonds. The standard InChI is InChI=1S/C13H14N2OS2/c14-11-5-7-18-12(11)13(16)15(9-3-4-9)8-10-2-1-6-17-10/h1-2,5-7,9H,3-4,8,14H2. The first-order chi connectivity index (χ1) is 8.75. The van der Waals surface area contributed by atoms with Gasteiger partial charge in [-0.15, -0.1) is 22.7 Å². The summed E-state index contributed by atoms with van der Waals surface area (Å²) in [7, 11) is 0. The van der Waals surface area contributed by atoms with Gasteiger partial charge in [-0.2, -0.15) is 0 Å². The molecule has 1 fully saturated rings. The summed E-state index contributed by atoms with van der Waals surface area (Å²) in [5.41, 5.74) is 6.44. The van der Waals surface area contributed by atoms with Crippen molar-refractivity contribution in [2.24, 2.45) is 0 Å². The highest BCUT2D eigenvalue weighted by molar-refractivity contribution is 7.12. The second kappa shape index (κ2) is 4.74. The summed E-state index contributed by atoms with van der Waals surface area (Å²) in [6.07, 6.45) is 2.23. The van der Waals surface area contributed by atoms with E-state index in [2.05, 4.69) is 6.07 Å². The van der Waals surface area contributed by atoms with Crippen molar-refractivity contribution >= 4 is 34.3 Å². The van der Waals surface area contributed by atoms with Crippen LogP contribution in [-0.2, 0) is 6.54 Å². The predicted molar refractivity (Wildman–Crippen MR) is 75.9 cm³/mol. The highest BCUT2D eigenvalue weighted by Crippen LogP contribution is 2.32. The molecule has 0 unspecified atom stereocenters. The number of hydrogen-bond donors (Lipinski definition) is 1. The van der Waals surface area contributed by atoms with Crippen LogP contribution in [0.25, 0.3) is 0 Å². The van der Waals surface area contributed by atoms with E-state index < -0.39 is 0 Å². The van der Waals surface area contributed by atoms with Gasteiger partial charge in [-0.1, -0.05) is 6.07 Å². The van der Waals surface area contributed by atoms with Crippen molar-refractivity contribution in [2.75, 3.05) is 5.73 Å². The lowest BCUT2D eigenvalue weighted by atomic mass is 10.3. The Morgan fingerprint density at radius 3 is 2.72 bits per heavy atom. The van der Waals surface area contributed by atoms with Crippen molar-refractivity contribution in [3.63, 3.8) is 0 Å². The Hall–Kier alpha value is -1.33. The number of carbonyl (C=O) groups is 1. The molecule has 0 saturated heterocycles. The third-order valence-electron chi connectivity index (χ3n) is 3.04. The normalized spacial score (nSPS) is 14.7. The van der Waals surface area contributed by atoms with Crippen molar-refractivity contribution in [1.82, 2.24) is 4.90 Å². The quantitative estimate of drug-likeness (QED) is 0.933. The van der Waals surface area contributed by atoms with Gasteiger partial charge in [-0.3, -0.25) is 4.79 Å². The molecule has 1 aliphatic rings. The van der Waals surface area contributed by atoms with Crippen molar-refractivity contribution in [1.29, 1.82) is 0 Å². The van der Waals surface area contributed by atoms with Crippen molar-refractivity contribution in [3.8, 4) is 0 Å². The molecule has 3 rings (SSSR count). The lowest BCUT2D eigenvalue weighted by Crippen LogP contribution is -2.32. The molecule has 2 heterocycles. The van der Waals surface area contributed by atoms with Crippen molar-refractivity contribution in [3.05, 3.63) is 38.7 Å². The number of nitrogens with two attached hydrogens (primary N) is 1. The minimum atomic E-state index is 0.0819. The molecule has 18 heavy (non-hydrogen) atoms. The van der Waals surface area contributed by atoms with E-state index in [1.54, 1.807) is 17.4 Å². The molecular weight excluding hydrogens is 264 g/mol. The van der Waals surface area contributed by atoms with Crippen LogP contribution < -0.4 is 5.73 Å². The van der Waals surface area contributed by atoms with Crippen LogP contribution in [0.4, 0.5) is 5.69 Å². The summed E-state index contributed by atoms with van der Waals surface area (Å²) in [5, 5.41) is 3.92. The fourth-order valence-corrected chi connectivity index (χ4v) is 3.42. The summed E-state index contributed by atoms with van der Waals surface area (Å²) in [5.74, 6) is 0.0819. The van der Waals surface area contributed by atoms with Gasteiger partial charge in [0.2, 0.25) is 0 Å². The molecule has 94 valence electrons.